The number of aromatic nitrogens is 2. The largest absolute Gasteiger partial charge is 0.339 e. The Bertz CT molecular complexity index is 801. The number of fused-ring (bicyclic) bond motifs is 3. The van der Waals surface area contributed by atoms with E-state index >= 15 is 0 Å². The van der Waals surface area contributed by atoms with E-state index in [1.165, 1.54) is 12.8 Å². The Balaban J connectivity index is 0.00000196. The quantitative estimate of drug-likeness (QED) is 0.868. The van der Waals surface area contributed by atoms with Gasteiger partial charge in [0.05, 0.1) is 16.6 Å². The van der Waals surface area contributed by atoms with Crippen molar-refractivity contribution in [2.45, 2.75) is 70.0 Å². The minimum absolute atomic E-state index is 0. The monoisotopic (exact) mass is 378 g/mol. The van der Waals surface area contributed by atoms with Crippen LogP contribution in [0, 0.1) is 0 Å². The van der Waals surface area contributed by atoms with Gasteiger partial charge in [0.25, 0.3) is 11.6 Å². The van der Waals surface area contributed by atoms with Crippen molar-refractivity contribution >= 4 is 29.4 Å². The van der Waals surface area contributed by atoms with Gasteiger partial charge in [-0.15, -0.1) is 12.4 Å². The number of amides is 1. The summed E-state index contributed by atoms with van der Waals surface area (Å²) in [5, 5.41) is 8.62. The van der Waals surface area contributed by atoms with Crippen LogP contribution in [0.1, 0.15) is 62.5 Å². The molecular formula is C19H27ClN4O2. The lowest BCUT2D eigenvalue weighted by Crippen LogP contribution is -2.48. The van der Waals surface area contributed by atoms with E-state index in [4.69, 9.17) is 4.52 Å². The molecule has 2 unspecified atom stereocenters. The molecule has 2 bridgehead atoms. The molecule has 26 heavy (non-hydrogen) atoms. The molecule has 4 heterocycles. The molecular weight excluding hydrogens is 352 g/mol. The summed E-state index contributed by atoms with van der Waals surface area (Å²) in [6.07, 6.45) is 6.14. The predicted octanol–water partition coefficient (Wildman–Crippen LogP) is 3.30. The molecule has 2 atom stereocenters. The highest BCUT2D eigenvalue weighted by atomic mass is 35.5. The van der Waals surface area contributed by atoms with E-state index in [1.54, 1.807) is 6.20 Å². The molecule has 0 spiro atoms. The van der Waals surface area contributed by atoms with Crippen molar-refractivity contribution in [1.29, 1.82) is 0 Å². The average Bonchev–Trinajstić information content (AvgIpc) is 3.15. The van der Waals surface area contributed by atoms with E-state index in [0.717, 1.165) is 23.9 Å². The van der Waals surface area contributed by atoms with Gasteiger partial charge in [-0.05, 0) is 31.7 Å². The summed E-state index contributed by atoms with van der Waals surface area (Å²) in [4.78, 5) is 19.2. The van der Waals surface area contributed by atoms with Crippen molar-refractivity contribution < 1.29 is 9.32 Å². The number of hydrogen-bond donors (Lipinski definition) is 1. The number of nitrogens with one attached hydrogen (secondary N) is 1. The van der Waals surface area contributed by atoms with E-state index < -0.39 is 0 Å². The van der Waals surface area contributed by atoms with Crippen molar-refractivity contribution in [3.8, 4) is 0 Å². The number of carbonyl (C=O) groups excluding carboxylic acids is 1. The molecule has 7 heteroatoms. The Hall–Kier alpha value is -1.66. The maximum absolute atomic E-state index is 13.0. The molecule has 0 aliphatic carbocycles. The molecule has 142 valence electrons. The second-order valence-corrected chi connectivity index (χ2v) is 8.54. The molecule has 2 aliphatic rings. The summed E-state index contributed by atoms with van der Waals surface area (Å²) >= 11 is 0. The van der Waals surface area contributed by atoms with E-state index in [1.807, 2.05) is 18.0 Å². The van der Waals surface area contributed by atoms with Crippen LogP contribution in [0.2, 0.25) is 0 Å². The van der Waals surface area contributed by atoms with Crippen molar-refractivity contribution in [2.75, 3.05) is 7.05 Å². The fraction of sp³-hybridized carbons (Fsp3) is 0.632. The summed E-state index contributed by atoms with van der Waals surface area (Å²) < 4.78 is 5.33. The highest BCUT2D eigenvalue weighted by Crippen LogP contribution is 2.31. The summed E-state index contributed by atoms with van der Waals surface area (Å²) in [5.41, 5.74) is 1.78. The molecule has 4 rings (SSSR count). The topological polar surface area (TPSA) is 71.3 Å². The van der Waals surface area contributed by atoms with Gasteiger partial charge < -0.3 is 14.7 Å². The smallest absolute Gasteiger partial charge is 0.257 e. The first kappa shape index (κ1) is 19.1. The third-order valence-corrected chi connectivity index (χ3v) is 5.60. The number of halogens is 1. The van der Waals surface area contributed by atoms with Crippen molar-refractivity contribution in [3.05, 3.63) is 23.5 Å². The SMILES string of the molecule is CN(C(=O)c1cnc2onc(C(C)(C)C)c2c1)C1CC2CCC(C1)N2.Cl. The molecule has 6 nitrogen and oxygen atoms in total. The molecule has 2 aromatic rings. The van der Waals surface area contributed by atoms with Crippen LogP contribution in [-0.2, 0) is 5.41 Å². The number of nitrogens with zero attached hydrogens (tertiary/aromatic N) is 3. The summed E-state index contributed by atoms with van der Waals surface area (Å²) in [5.74, 6) is 0.0294. The first-order valence-corrected chi connectivity index (χ1v) is 9.12. The maximum atomic E-state index is 13.0. The lowest BCUT2D eigenvalue weighted by molar-refractivity contribution is 0.0681. The van der Waals surface area contributed by atoms with Crippen molar-refractivity contribution in [1.82, 2.24) is 20.4 Å². The maximum Gasteiger partial charge on any atom is 0.257 e. The zero-order valence-corrected chi connectivity index (χ0v) is 16.6. The molecule has 1 N–H and O–H groups in total. The van der Waals surface area contributed by atoms with E-state index in [-0.39, 0.29) is 23.7 Å². The summed E-state index contributed by atoms with van der Waals surface area (Å²) in [6.45, 7) is 6.24. The number of rotatable bonds is 2. The van der Waals surface area contributed by atoms with E-state index in [9.17, 15) is 4.79 Å². The minimum atomic E-state index is -0.158. The van der Waals surface area contributed by atoms with Gasteiger partial charge in [-0.3, -0.25) is 4.79 Å². The zero-order valence-electron chi connectivity index (χ0n) is 15.8. The van der Waals surface area contributed by atoms with Gasteiger partial charge in [0.15, 0.2) is 0 Å². The van der Waals surface area contributed by atoms with Gasteiger partial charge in [0, 0.05) is 36.8 Å². The van der Waals surface area contributed by atoms with Crippen LogP contribution in [-0.4, -0.2) is 46.1 Å². The van der Waals surface area contributed by atoms with Gasteiger partial charge in [0.1, 0.15) is 0 Å². The number of hydrogen-bond acceptors (Lipinski definition) is 5. The molecule has 2 saturated heterocycles. The fourth-order valence-electron chi connectivity index (χ4n) is 4.20. The lowest BCUT2D eigenvalue weighted by atomic mass is 9.90. The first-order chi connectivity index (χ1) is 11.8. The molecule has 1 amide bonds. The van der Waals surface area contributed by atoms with Crippen LogP contribution in [0.3, 0.4) is 0 Å². The third-order valence-electron chi connectivity index (χ3n) is 5.60. The third kappa shape index (κ3) is 3.32. The Kier molecular flexibility index (Phi) is 5.01. The second-order valence-electron chi connectivity index (χ2n) is 8.54. The molecule has 0 radical (unpaired) electrons. The minimum Gasteiger partial charge on any atom is -0.339 e. The Morgan fingerprint density at radius 3 is 2.54 bits per heavy atom. The van der Waals surface area contributed by atoms with Gasteiger partial charge in [-0.2, -0.15) is 0 Å². The van der Waals surface area contributed by atoms with Crippen LogP contribution in [0.15, 0.2) is 16.8 Å². The van der Waals surface area contributed by atoms with Gasteiger partial charge in [-0.25, -0.2) is 4.98 Å². The Labute approximate surface area is 160 Å². The normalized spacial score (nSPS) is 25.2. The van der Waals surface area contributed by atoms with Crippen molar-refractivity contribution in [2.24, 2.45) is 0 Å². The van der Waals surface area contributed by atoms with Crippen LogP contribution in [0.25, 0.3) is 11.1 Å². The molecule has 0 saturated carbocycles. The highest BCUT2D eigenvalue weighted by Gasteiger charge is 2.36. The van der Waals surface area contributed by atoms with Gasteiger partial charge in [0.2, 0.25) is 0 Å². The van der Waals surface area contributed by atoms with Gasteiger partial charge in [-0.1, -0.05) is 25.9 Å². The molecule has 2 aromatic heterocycles. The van der Waals surface area contributed by atoms with Crippen LogP contribution < -0.4 is 5.32 Å². The highest BCUT2D eigenvalue weighted by molar-refractivity contribution is 5.97. The second kappa shape index (κ2) is 6.82. The van der Waals surface area contributed by atoms with Crippen molar-refractivity contribution in [3.63, 3.8) is 0 Å². The van der Waals surface area contributed by atoms with E-state index in [0.29, 0.717) is 29.4 Å². The molecule has 2 aliphatic heterocycles. The fourth-order valence-corrected chi connectivity index (χ4v) is 4.20. The molecule has 2 fully saturated rings. The number of piperidine rings is 1. The zero-order chi connectivity index (χ0) is 17.8. The predicted molar refractivity (Wildman–Crippen MR) is 103 cm³/mol. The first-order valence-electron chi connectivity index (χ1n) is 9.12. The molecule has 0 aromatic carbocycles. The summed E-state index contributed by atoms with van der Waals surface area (Å²) in [6, 6.07) is 3.30. The van der Waals surface area contributed by atoms with Crippen LogP contribution in [0.4, 0.5) is 0 Å². The van der Waals surface area contributed by atoms with Crippen LogP contribution >= 0.6 is 12.4 Å². The number of carbonyl (C=O) groups is 1. The average molecular weight is 379 g/mol. The standard InChI is InChI=1S/C19H26N4O2.ClH/c1-19(2,3)16-15-7-11(10-20-17(15)25-22-16)18(24)23(4)14-8-12-5-6-13(9-14)21-12;/h7,10,12-14,21H,5-6,8-9H2,1-4H3;1H. The summed E-state index contributed by atoms with van der Waals surface area (Å²) in [7, 11) is 1.92. The Morgan fingerprint density at radius 2 is 1.92 bits per heavy atom. The number of pyridine rings is 1. The Morgan fingerprint density at radius 1 is 1.27 bits per heavy atom. The van der Waals surface area contributed by atoms with Gasteiger partial charge >= 0.3 is 0 Å². The van der Waals surface area contributed by atoms with E-state index in [2.05, 4.69) is 36.2 Å². The lowest BCUT2D eigenvalue weighted by Gasteiger charge is -2.35. The van der Waals surface area contributed by atoms with Crippen LogP contribution in [0.5, 0.6) is 0 Å².